The molecular formula is C24H35N5O4. The summed E-state index contributed by atoms with van der Waals surface area (Å²) in [5.41, 5.74) is 5.97. The molecule has 180 valence electrons. The minimum Gasteiger partial charge on any atom is -0.385 e. The van der Waals surface area contributed by atoms with E-state index in [1.807, 2.05) is 37.4 Å². The number of aromatic amines is 1. The molecule has 1 amide bonds. The molecule has 1 aromatic heterocycles. The highest BCUT2D eigenvalue weighted by Crippen LogP contribution is 2.23. The lowest BCUT2D eigenvalue weighted by Gasteiger charge is -2.32. The summed E-state index contributed by atoms with van der Waals surface area (Å²) in [4.78, 5) is 44.6. The lowest BCUT2D eigenvalue weighted by molar-refractivity contribution is -0.120. The zero-order chi connectivity index (χ0) is 23.8. The number of methoxy groups -OCH3 is 1. The Balaban J connectivity index is 1.92. The van der Waals surface area contributed by atoms with Gasteiger partial charge in [0.15, 0.2) is 5.69 Å². The predicted molar refractivity (Wildman–Crippen MR) is 130 cm³/mol. The number of nitrogens with two attached hydrogens (primary N) is 1. The van der Waals surface area contributed by atoms with E-state index in [0.29, 0.717) is 19.1 Å². The van der Waals surface area contributed by atoms with Crippen molar-refractivity contribution in [1.82, 2.24) is 14.5 Å². The van der Waals surface area contributed by atoms with Gasteiger partial charge in [0.25, 0.3) is 5.56 Å². The molecule has 0 radical (unpaired) electrons. The Hall–Kier alpha value is -2.91. The molecule has 9 nitrogen and oxygen atoms in total. The third kappa shape index (κ3) is 6.33. The van der Waals surface area contributed by atoms with Crippen molar-refractivity contribution in [2.75, 3.05) is 44.5 Å². The van der Waals surface area contributed by atoms with Gasteiger partial charge >= 0.3 is 5.69 Å². The molecule has 1 fully saturated rings. The van der Waals surface area contributed by atoms with Gasteiger partial charge < -0.3 is 15.4 Å². The Morgan fingerprint density at radius 3 is 2.55 bits per heavy atom. The van der Waals surface area contributed by atoms with Crippen molar-refractivity contribution in [1.29, 1.82) is 0 Å². The lowest BCUT2D eigenvalue weighted by Crippen LogP contribution is -2.47. The molecule has 0 atom stereocenters. The number of H-pyrrole nitrogens is 1. The van der Waals surface area contributed by atoms with Gasteiger partial charge in [0.05, 0.1) is 13.1 Å². The Labute approximate surface area is 194 Å². The van der Waals surface area contributed by atoms with E-state index < -0.39 is 11.2 Å². The quantitative estimate of drug-likeness (QED) is 0.526. The van der Waals surface area contributed by atoms with Gasteiger partial charge in [-0.2, -0.15) is 0 Å². The van der Waals surface area contributed by atoms with Crippen molar-refractivity contribution < 1.29 is 9.53 Å². The molecule has 9 heteroatoms. The van der Waals surface area contributed by atoms with Crippen LogP contribution in [0.2, 0.25) is 0 Å². The van der Waals surface area contributed by atoms with Crippen LogP contribution in [-0.2, 0) is 16.1 Å². The van der Waals surface area contributed by atoms with Crippen molar-refractivity contribution in [2.24, 2.45) is 0 Å². The second-order valence-corrected chi connectivity index (χ2v) is 8.66. The number of anilines is 2. The molecule has 0 spiro atoms. The van der Waals surface area contributed by atoms with Gasteiger partial charge in [-0.15, -0.1) is 0 Å². The van der Waals surface area contributed by atoms with Gasteiger partial charge in [0.2, 0.25) is 5.91 Å². The van der Waals surface area contributed by atoms with Crippen LogP contribution in [0.15, 0.2) is 39.9 Å². The Bertz CT molecular complexity index is 1030. The molecular weight excluding hydrogens is 422 g/mol. The standard InChI is InChI=1S/C24H35N5O4/c1-27(19-12-7-4-8-13-19)17-20(30)28(14-9-15-33-2)21-22(25)29(24(32)26-23(21)31)16-18-10-5-3-6-11-18/h3,5-6,10-11,19H,4,7-9,12-17,25H2,1-2H3,(H,26,31,32). The van der Waals surface area contributed by atoms with Gasteiger partial charge in [-0.25, -0.2) is 4.79 Å². The van der Waals surface area contributed by atoms with E-state index in [4.69, 9.17) is 10.5 Å². The van der Waals surface area contributed by atoms with Crippen molar-refractivity contribution in [3.63, 3.8) is 0 Å². The smallest absolute Gasteiger partial charge is 0.330 e. The summed E-state index contributed by atoms with van der Waals surface area (Å²) in [5, 5.41) is 0. The number of ether oxygens (including phenoxy) is 1. The molecule has 2 aromatic rings. The molecule has 0 saturated heterocycles. The maximum atomic E-state index is 13.4. The number of likely N-dealkylation sites (N-methyl/N-ethyl adjacent to an activating group) is 1. The second-order valence-electron chi connectivity index (χ2n) is 8.66. The van der Waals surface area contributed by atoms with E-state index in [-0.39, 0.29) is 37.0 Å². The Morgan fingerprint density at radius 1 is 1.18 bits per heavy atom. The minimum absolute atomic E-state index is 0.0151. The van der Waals surface area contributed by atoms with Crippen LogP contribution >= 0.6 is 0 Å². The van der Waals surface area contributed by atoms with E-state index in [1.54, 1.807) is 7.11 Å². The summed E-state index contributed by atoms with van der Waals surface area (Å²) in [5.74, 6) is -0.236. The van der Waals surface area contributed by atoms with E-state index in [1.165, 1.54) is 15.9 Å². The molecule has 3 rings (SSSR count). The minimum atomic E-state index is -0.659. The highest BCUT2D eigenvalue weighted by atomic mass is 16.5. The van der Waals surface area contributed by atoms with Crippen LogP contribution in [0.3, 0.4) is 0 Å². The Morgan fingerprint density at radius 2 is 1.88 bits per heavy atom. The average molecular weight is 458 g/mol. The summed E-state index contributed by atoms with van der Waals surface area (Å²) in [7, 11) is 3.54. The first-order valence-corrected chi connectivity index (χ1v) is 11.6. The van der Waals surface area contributed by atoms with Crippen molar-refractivity contribution in [3.05, 3.63) is 56.7 Å². The Kier molecular flexibility index (Phi) is 8.85. The molecule has 1 heterocycles. The van der Waals surface area contributed by atoms with Crippen LogP contribution in [-0.4, -0.2) is 60.3 Å². The van der Waals surface area contributed by atoms with E-state index in [9.17, 15) is 14.4 Å². The molecule has 1 aromatic carbocycles. The van der Waals surface area contributed by atoms with Gasteiger partial charge in [-0.1, -0.05) is 49.6 Å². The zero-order valence-electron chi connectivity index (χ0n) is 19.6. The largest absolute Gasteiger partial charge is 0.385 e. The number of nitrogens with one attached hydrogen (secondary N) is 1. The summed E-state index contributed by atoms with van der Waals surface area (Å²) in [6, 6.07) is 9.71. The second kappa shape index (κ2) is 11.8. The number of amides is 1. The number of hydrogen-bond donors (Lipinski definition) is 2. The zero-order valence-corrected chi connectivity index (χ0v) is 19.6. The SMILES string of the molecule is COCCCN(C(=O)CN(C)C1CCCCC1)c1c(N)n(Cc2ccccc2)c(=O)[nH]c1=O. The van der Waals surface area contributed by atoms with Gasteiger partial charge in [0, 0.05) is 26.3 Å². The first-order chi connectivity index (χ1) is 15.9. The first-order valence-electron chi connectivity index (χ1n) is 11.6. The monoisotopic (exact) mass is 457 g/mol. The summed E-state index contributed by atoms with van der Waals surface area (Å²) in [6.07, 6.45) is 6.23. The molecule has 0 unspecified atom stereocenters. The van der Waals surface area contributed by atoms with Crippen LogP contribution in [0.25, 0.3) is 0 Å². The highest BCUT2D eigenvalue weighted by molar-refractivity contribution is 5.96. The van der Waals surface area contributed by atoms with Crippen LogP contribution in [0.4, 0.5) is 11.5 Å². The van der Waals surface area contributed by atoms with Crippen molar-refractivity contribution in [2.45, 2.75) is 51.1 Å². The maximum Gasteiger partial charge on any atom is 0.330 e. The number of carbonyl (C=O) groups is 1. The predicted octanol–water partition coefficient (Wildman–Crippen LogP) is 1.80. The van der Waals surface area contributed by atoms with Crippen LogP contribution in [0.1, 0.15) is 44.1 Å². The number of nitrogens with zero attached hydrogens (tertiary/aromatic N) is 3. The summed E-state index contributed by atoms with van der Waals surface area (Å²) < 4.78 is 6.44. The number of nitrogen functional groups attached to an aromatic ring is 1. The summed E-state index contributed by atoms with van der Waals surface area (Å²) in [6.45, 7) is 1.07. The summed E-state index contributed by atoms with van der Waals surface area (Å²) >= 11 is 0. The van der Waals surface area contributed by atoms with Crippen LogP contribution in [0, 0.1) is 0 Å². The maximum absolute atomic E-state index is 13.4. The molecule has 0 bridgehead atoms. The normalized spacial score (nSPS) is 14.5. The van der Waals surface area contributed by atoms with Gasteiger partial charge in [-0.3, -0.25) is 24.0 Å². The average Bonchev–Trinajstić information content (AvgIpc) is 2.82. The number of rotatable bonds is 10. The third-order valence-corrected chi connectivity index (χ3v) is 6.28. The fourth-order valence-corrected chi connectivity index (χ4v) is 4.44. The molecule has 3 N–H and O–H groups in total. The highest BCUT2D eigenvalue weighted by Gasteiger charge is 2.27. The third-order valence-electron chi connectivity index (χ3n) is 6.28. The number of carbonyl (C=O) groups excluding carboxylic acids is 1. The number of hydrogen-bond acceptors (Lipinski definition) is 6. The molecule has 1 aliphatic carbocycles. The van der Waals surface area contributed by atoms with Gasteiger partial charge in [-0.05, 0) is 31.9 Å². The van der Waals surface area contributed by atoms with E-state index in [2.05, 4.69) is 9.88 Å². The fourth-order valence-electron chi connectivity index (χ4n) is 4.44. The van der Waals surface area contributed by atoms with E-state index >= 15 is 0 Å². The molecule has 1 aliphatic rings. The van der Waals surface area contributed by atoms with Crippen molar-refractivity contribution >= 4 is 17.4 Å². The fraction of sp³-hybridized carbons (Fsp3) is 0.542. The lowest BCUT2D eigenvalue weighted by atomic mass is 9.94. The molecule has 1 saturated carbocycles. The number of benzene rings is 1. The van der Waals surface area contributed by atoms with Crippen LogP contribution in [0.5, 0.6) is 0 Å². The first kappa shape index (κ1) is 24.7. The van der Waals surface area contributed by atoms with E-state index in [0.717, 1.165) is 31.2 Å². The van der Waals surface area contributed by atoms with Gasteiger partial charge in [0.1, 0.15) is 5.82 Å². The molecule has 0 aliphatic heterocycles. The van der Waals surface area contributed by atoms with Crippen molar-refractivity contribution in [3.8, 4) is 0 Å². The number of aromatic nitrogens is 2. The van der Waals surface area contributed by atoms with Crippen LogP contribution < -0.4 is 21.9 Å². The topological polar surface area (TPSA) is 114 Å². The molecule has 33 heavy (non-hydrogen) atoms.